The van der Waals surface area contributed by atoms with Crippen molar-refractivity contribution in [2.24, 2.45) is 7.05 Å². The van der Waals surface area contributed by atoms with Gasteiger partial charge < -0.3 is 15.5 Å². The van der Waals surface area contributed by atoms with Crippen LogP contribution in [0.5, 0.6) is 0 Å². The molecule has 2 aromatic heterocycles. The molecule has 0 bridgehead atoms. The Hall–Kier alpha value is -4.07. The number of carbonyl (C=O) groups is 2. The van der Waals surface area contributed by atoms with E-state index in [1.165, 1.54) is 40.2 Å². The van der Waals surface area contributed by atoms with Gasteiger partial charge in [0.2, 0.25) is 0 Å². The second kappa shape index (κ2) is 10.1. The van der Waals surface area contributed by atoms with Gasteiger partial charge >= 0.3 is 6.03 Å². The van der Waals surface area contributed by atoms with Crippen LogP contribution in [0.3, 0.4) is 0 Å². The average molecular weight is 613 g/mol. The van der Waals surface area contributed by atoms with E-state index in [1.807, 2.05) is 12.1 Å². The van der Waals surface area contributed by atoms with Gasteiger partial charge in [0.25, 0.3) is 11.5 Å². The molecule has 0 fully saturated rings. The molecule has 0 radical (unpaired) electrons. The molecule has 1 aliphatic heterocycles. The monoisotopic (exact) mass is 613 g/mol. The Labute approximate surface area is 224 Å². The van der Waals surface area contributed by atoms with Gasteiger partial charge in [-0.15, -0.1) is 0 Å². The van der Waals surface area contributed by atoms with Crippen molar-refractivity contribution in [2.75, 3.05) is 10.6 Å². The maximum atomic E-state index is 15.0. The van der Waals surface area contributed by atoms with Crippen molar-refractivity contribution in [3.63, 3.8) is 0 Å². The summed E-state index contributed by atoms with van der Waals surface area (Å²) in [6.45, 7) is 0.161. The standard InChI is InChI=1S/C25H21FIN7O3/c1-32-21-14-34(25(37)30-16-4-2-15(11-27)3-5-16)23(18(21)12-29-32)24(36)31-20-7-6-17(10-19(20)26)33-9-8-28-13-22(33)35/h2-10,12-13,23H,11,14H2,1H3,(H,30,37)(H,31,36)/t23-/m1/s1. The quantitative estimate of drug-likeness (QED) is 0.263. The van der Waals surface area contributed by atoms with Crippen molar-refractivity contribution in [1.29, 1.82) is 0 Å². The number of hydrogen-bond acceptors (Lipinski definition) is 5. The third-order valence-corrected chi connectivity index (χ3v) is 6.98. The first-order valence-electron chi connectivity index (χ1n) is 11.2. The Morgan fingerprint density at radius 3 is 2.62 bits per heavy atom. The van der Waals surface area contributed by atoms with Gasteiger partial charge in [-0.25, -0.2) is 9.18 Å². The second-order valence-electron chi connectivity index (χ2n) is 8.40. The van der Waals surface area contributed by atoms with Gasteiger partial charge in [0.15, 0.2) is 0 Å². The van der Waals surface area contributed by atoms with Crippen LogP contribution in [0.15, 0.2) is 72.0 Å². The SMILES string of the molecule is Cn1ncc2c1CN(C(=O)Nc1ccc(CI)cc1)[C@H]2C(=O)Nc1ccc(-n2ccncc2=O)cc1F. The van der Waals surface area contributed by atoms with Gasteiger partial charge in [-0.3, -0.25) is 23.8 Å². The van der Waals surface area contributed by atoms with Gasteiger partial charge in [0, 0.05) is 41.2 Å². The number of amides is 3. The summed E-state index contributed by atoms with van der Waals surface area (Å²) in [6, 6.07) is 9.98. The number of alkyl halides is 1. The molecule has 188 valence electrons. The summed E-state index contributed by atoms with van der Waals surface area (Å²) in [6.07, 6.45) is 5.50. The summed E-state index contributed by atoms with van der Waals surface area (Å²) in [5.74, 6) is -1.32. The van der Waals surface area contributed by atoms with Crippen molar-refractivity contribution < 1.29 is 14.0 Å². The molecule has 3 amide bonds. The van der Waals surface area contributed by atoms with Gasteiger partial charge in [-0.2, -0.15) is 5.10 Å². The summed E-state index contributed by atoms with van der Waals surface area (Å²) in [5, 5.41) is 9.63. The molecule has 5 rings (SSSR count). The summed E-state index contributed by atoms with van der Waals surface area (Å²) >= 11 is 2.26. The maximum Gasteiger partial charge on any atom is 0.323 e. The molecular formula is C25H21FIN7O3. The van der Waals surface area contributed by atoms with Crippen molar-refractivity contribution in [3.8, 4) is 5.69 Å². The zero-order valence-electron chi connectivity index (χ0n) is 19.6. The minimum absolute atomic E-state index is 0.0806. The summed E-state index contributed by atoms with van der Waals surface area (Å²) in [4.78, 5) is 43.7. The predicted molar refractivity (Wildman–Crippen MR) is 143 cm³/mol. The van der Waals surface area contributed by atoms with Crippen LogP contribution in [0, 0.1) is 5.82 Å². The Morgan fingerprint density at radius 2 is 1.92 bits per heavy atom. The number of nitrogens with one attached hydrogen (secondary N) is 2. The molecule has 3 heterocycles. The van der Waals surface area contributed by atoms with Gasteiger partial charge in [-0.05, 0) is 29.8 Å². The van der Waals surface area contributed by atoms with E-state index in [0.717, 1.165) is 22.3 Å². The predicted octanol–water partition coefficient (Wildman–Crippen LogP) is 3.77. The van der Waals surface area contributed by atoms with Crippen LogP contribution in [-0.2, 0) is 22.8 Å². The van der Waals surface area contributed by atoms with Crippen molar-refractivity contribution in [1.82, 2.24) is 24.2 Å². The van der Waals surface area contributed by atoms with Gasteiger partial charge in [0.1, 0.15) is 11.9 Å². The molecule has 4 aromatic rings. The highest BCUT2D eigenvalue weighted by Gasteiger charge is 2.41. The second-order valence-corrected chi connectivity index (χ2v) is 9.16. The number of rotatable bonds is 5. The van der Waals surface area contributed by atoms with Crippen LogP contribution in [0.1, 0.15) is 22.9 Å². The van der Waals surface area contributed by atoms with Crippen LogP contribution < -0.4 is 16.2 Å². The Morgan fingerprint density at radius 1 is 1.14 bits per heavy atom. The van der Waals surface area contributed by atoms with Crippen molar-refractivity contribution in [3.05, 3.63) is 100 Å². The highest BCUT2D eigenvalue weighted by molar-refractivity contribution is 14.1. The molecular weight excluding hydrogens is 592 g/mol. The molecule has 0 spiro atoms. The van der Waals surface area contributed by atoms with E-state index >= 15 is 0 Å². The fraction of sp³-hybridized carbons (Fsp3) is 0.160. The molecule has 0 aliphatic carbocycles. The Bertz CT molecular complexity index is 1550. The largest absolute Gasteiger partial charge is 0.323 e. The number of hydrogen-bond donors (Lipinski definition) is 2. The number of anilines is 2. The van der Waals surface area contributed by atoms with E-state index in [2.05, 4.69) is 43.3 Å². The molecule has 0 unspecified atom stereocenters. The number of aryl methyl sites for hydroxylation is 1. The summed E-state index contributed by atoms with van der Waals surface area (Å²) in [5.41, 5.74) is 2.78. The van der Waals surface area contributed by atoms with E-state index in [-0.39, 0.29) is 17.9 Å². The lowest BCUT2D eigenvalue weighted by atomic mass is 10.1. The molecule has 0 saturated carbocycles. The molecule has 2 aromatic carbocycles. The summed E-state index contributed by atoms with van der Waals surface area (Å²) < 4.78 is 18.7. The van der Waals surface area contributed by atoms with Gasteiger partial charge in [-0.1, -0.05) is 34.7 Å². The van der Waals surface area contributed by atoms with Crippen LogP contribution in [-0.4, -0.2) is 36.2 Å². The molecule has 0 saturated heterocycles. The van der Waals surface area contributed by atoms with Crippen molar-refractivity contribution >= 4 is 45.9 Å². The third-order valence-electron chi connectivity index (χ3n) is 6.10. The number of aromatic nitrogens is 4. The number of nitrogens with zero attached hydrogens (tertiary/aromatic N) is 5. The number of fused-ring (bicyclic) bond motifs is 1. The van der Waals surface area contributed by atoms with Crippen LogP contribution >= 0.6 is 22.6 Å². The lowest BCUT2D eigenvalue weighted by molar-refractivity contribution is -0.120. The van der Waals surface area contributed by atoms with E-state index in [1.54, 1.807) is 23.9 Å². The number of carbonyl (C=O) groups excluding carboxylic acids is 2. The first-order valence-corrected chi connectivity index (χ1v) is 12.7. The topological polar surface area (TPSA) is 114 Å². The first kappa shape index (κ1) is 24.6. The fourth-order valence-corrected chi connectivity index (χ4v) is 4.69. The van der Waals surface area contributed by atoms with E-state index in [9.17, 15) is 18.8 Å². The number of benzene rings is 2. The fourth-order valence-electron chi connectivity index (χ4n) is 4.18. The molecule has 37 heavy (non-hydrogen) atoms. The highest BCUT2D eigenvalue weighted by Crippen LogP contribution is 2.35. The van der Waals surface area contributed by atoms with E-state index < -0.39 is 29.4 Å². The minimum Gasteiger partial charge on any atom is -0.321 e. The molecule has 1 aliphatic rings. The summed E-state index contributed by atoms with van der Waals surface area (Å²) in [7, 11) is 1.73. The lowest BCUT2D eigenvalue weighted by Gasteiger charge is -2.25. The Kier molecular flexibility index (Phi) is 6.74. The molecule has 12 heteroatoms. The molecule has 1 atom stereocenters. The third kappa shape index (κ3) is 4.83. The van der Waals surface area contributed by atoms with Crippen LogP contribution in [0.4, 0.5) is 20.6 Å². The van der Waals surface area contributed by atoms with Crippen LogP contribution in [0.25, 0.3) is 5.69 Å². The Balaban J connectivity index is 1.39. The van der Waals surface area contributed by atoms with E-state index in [0.29, 0.717) is 16.9 Å². The number of halogens is 2. The van der Waals surface area contributed by atoms with Crippen molar-refractivity contribution in [2.45, 2.75) is 17.0 Å². The highest BCUT2D eigenvalue weighted by atomic mass is 127. The van der Waals surface area contributed by atoms with Crippen LogP contribution in [0.2, 0.25) is 0 Å². The zero-order chi connectivity index (χ0) is 26.1. The van der Waals surface area contributed by atoms with Gasteiger partial charge in [0.05, 0.1) is 36.0 Å². The molecule has 2 N–H and O–H groups in total. The zero-order valence-corrected chi connectivity index (χ0v) is 21.7. The lowest BCUT2D eigenvalue weighted by Crippen LogP contribution is -2.39. The minimum atomic E-state index is -1.01. The van der Waals surface area contributed by atoms with E-state index in [4.69, 9.17) is 0 Å². The number of urea groups is 1. The normalized spacial score (nSPS) is 14.4. The smallest absolute Gasteiger partial charge is 0.321 e. The first-order chi connectivity index (χ1) is 17.9. The molecule has 10 nitrogen and oxygen atoms in total. The maximum absolute atomic E-state index is 15.0. The average Bonchev–Trinajstić information content (AvgIpc) is 3.45.